The average molecular weight is 347 g/mol. The van der Waals surface area contributed by atoms with E-state index in [2.05, 4.69) is 84.1 Å². The lowest BCUT2D eigenvalue weighted by Gasteiger charge is -2.28. The molecule has 2 aromatic carbocycles. The van der Waals surface area contributed by atoms with Gasteiger partial charge in [-0.05, 0) is 62.6 Å². The first-order valence-corrected chi connectivity index (χ1v) is 8.19. The Kier molecular flexibility index (Phi) is 5.43. The Bertz CT molecular complexity index is 608. The molecule has 21 heavy (non-hydrogen) atoms. The lowest BCUT2D eigenvalue weighted by molar-refractivity contribution is 0.736. The third-order valence-electron chi connectivity index (χ3n) is 3.60. The smallest absolute Gasteiger partial charge is 0.0444 e. The molecule has 0 amide bonds. The van der Waals surface area contributed by atoms with Gasteiger partial charge in [-0.25, -0.2) is 0 Å². The van der Waals surface area contributed by atoms with Gasteiger partial charge in [0.1, 0.15) is 0 Å². The van der Waals surface area contributed by atoms with Crippen LogP contribution < -0.4 is 10.6 Å². The molecule has 2 N–H and O–H groups in total. The van der Waals surface area contributed by atoms with Gasteiger partial charge < -0.3 is 10.6 Å². The molecule has 0 aromatic heterocycles. The van der Waals surface area contributed by atoms with Crippen molar-refractivity contribution in [2.45, 2.75) is 33.2 Å². The number of benzene rings is 2. The van der Waals surface area contributed by atoms with Crippen LogP contribution >= 0.6 is 15.9 Å². The summed E-state index contributed by atoms with van der Waals surface area (Å²) in [6, 6.07) is 15.1. The molecular formula is C18H23BrN2. The van der Waals surface area contributed by atoms with Gasteiger partial charge in [0.2, 0.25) is 0 Å². The van der Waals surface area contributed by atoms with E-state index >= 15 is 0 Å². The van der Waals surface area contributed by atoms with E-state index in [-0.39, 0.29) is 6.04 Å². The van der Waals surface area contributed by atoms with E-state index in [1.807, 2.05) is 0 Å². The van der Waals surface area contributed by atoms with Crippen molar-refractivity contribution in [1.82, 2.24) is 0 Å². The highest BCUT2D eigenvalue weighted by Gasteiger charge is 2.14. The number of anilines is 2. The molecule has 2 aromatic rings. The minimum atomic E-state index is 0.147. The maximum atomic E-state index is 6.02. The molecule has 112 valence electrons. The van der Waals surface area contributed by atoms with Crippen LogP contribution in [0.4, 0.5) is 11.4 Å². The molecule has 0 bridgehead atoms. The Hall–Kier alpha value is -1.32. The third-order valence-corrected chi connectivity index (χ3v) is 4.09. The SMILES string of the molecule is CCN(c1ccccc1C)c1ccc(Br)cc1CC(C)N. The minimum absolute atomic E-state index is 0.147. The van der Waals surface area contributed by atoms with Gasteiger partial charge in [-0.2, -0.15) is 0 Å². The summed E-state index contributed by atoms with van der Waals surface area (Å²) in [5.74, 6) is 0. The van der Waals surface area contributed by atoms with Crippen molar-refractivity contribution in [3.8, 4) is 0 Å². The van der Waals surface area contributed by atoms with Crippen LogP contribution in [0.2, 0.25) is 0 Å². The summed E-state index contributed by atoms with van der Waals surface area (Å²) in [6.45, 7) is 7.32. The number of para-hydroxylation sites is 1. The van der Waals surface area contributed by atoms with Crippen molar-refractivity contribution >= 4 is 27.3 Å². The van der Waals surface area contributed by atoms with Crippen LogP contribution in [0.5, 0.6) is 0 Å². The van der Waals surface area contributed by atoms with Crippen LogP contribution in [-0.2, 0) is 6.42 Å². The van der Waals surface area contributed by atoms with Gasteiger partial charge >= 0.3 is 0 Å². The molecule has 0 aliphatic carbocycles. The quantitative estimate of drug-likeness (QED) is 0.841. The van der Waals surface area contributed by atoms with E-state index in [0.29, 0.717) is 0 Å². The van der Waals surface area contributed by atoms with Crippen LogP contribution in [0.15, 0.2) is 46.9 Å². The fourth-order valence-electron chi connectivity index (χ4n) is 2.66. The van der Waals surface area contributed by atoms with Crippen molar-refractivity contribution in [3.63, 3.8) is 0 Å². The zero-order valence-corrected chi connectivity index (χ0v) is 14.5. The predicted molar refractivity (Wildman–Crippen MR) is 95.4 cm³/mol. The summed E-state index contributed by atoms with van der Waals surface area (Å²) in [5, 5.41) is 0. The van der Waals surface area contributed by atoms with Crippen molar-refractivity contribution in [2.75, 3.05) is 11.4 Å². The molecule has 2 rings (SSSR count). The molecule has 0 aliphatic heterocycles. The van der Waals surface area contributed by atoms with Crippen LogP contribution in [0.1, 0.15) is 25.0 Å². The molecule has 0 aliphatic rings. The van der Waals surface area contributed by atoms with Crippen molar-refractivity contribution in [3.05, 3.63) is 58.1 Å². The van der Waals surface area contributed by atoms with Crippen molar-refractivity contribution < 1.29 is 0 Å². The zero-order chi connectivity index (χ0) is 15.4. The first-order chi connectivity index (χ1) is 10.0. The molecule has 0 saturated carbocycles. The van der Waals surface area contributed by atoms with Crippen LogP contribution in [-0.4, -0.2) is 12.6 Å². The zero-order valence-electron chi connectivity index (χ0n) is 12.9. The first kappa shape index (κ1) is 16.1. The number of aryl methyl sites for hydroxylation is 1. The molecule has 0 fully saturated rings. The summed E-state index contributed by atoms with van der Waals surface area (Å²) < 4.78 is 1.10. The van der Waals surface area contributed by atoms with Crippen LogP contribution in [0.3, 0.4) is 0 Å². The first-order valence-electron chi connectivity index (χ1n) is 7.40. The number of halogens is 1. The predicted octanol–water partition coefficient (Wildman–Crippen LogP) is 4.81. The number of nitrogens with zero attached hydrogens (tertiary/aromatic N) is 1. The van der Waals surface area contributed by atoms with Crippen LogP contribution in [0, 0.1) is 6.92 Å². The summed E-state index contributed by atoms with van der Waals surface area (Å²) >= 11 is 3.57. The molecule has 1 atom stereocenters. The average Bonchev–Trinajstić information content (AvgIpc) is 2.43. The maximum Gasteiger partial charge on any atom is 0.0444 e. The van der Waals surface area contributed by atoms with E-state index < -0.39 is 0 Å². The molecule has 0 saturated heterocycles. The highest BCUT2D eigenvalue weighted by molar-refractivity contribution is 9.10. The Morgan fingerprint density at radius 2 is 1.86 bits per heavy atom. The Balaban J connectivity index is 2.50. The second-order valence-corrected chi connectivity index (χ2v) is 6.40. The van der Waals surface area contributed by atoms with Gasteiger partial charge in [-0.3, -0.25) is 0 Å². The van der Waals surface area contributed by atoms with Gasteiger partial charge in [-0.1, -0.05) is 34.1 Å². The highest BCUT2D eigenvalue weighted by Crippen LogP contribution is 2.32. The molecule has 0 radical (unpaired) electrons. The van der Waals surface area contributed by atoms with E-state index in [1.165, 1.54) is 22.5 Å². The number of hydrogen-bond acceptors (Lipinski definition) is 2. The molecule has 0 heterocycles. The monoisotopic (exact) mass is 346 g/mol. The standard InChI is InChI=1S/C18H23BrN2/c1-4-21(17-8-6-5-7-13(17)2)18-10-9-16(19)12-15(18)11-14(3)20/h5-10,12,14H,4,11,20H2,1-3H3. The van der Waals surface area contributed by atoms with E-state index in [4.69, 9.17) is 5.73 Å². The Morgan fingerprint density at radius 3 is 2.48 bits per heavy atom. The van der Waals surface area contributed by atoms with Gasteiger partial charge in [0.25, 0.3) is 0 Å². The summed E-state index contributed by atoms with van der Waals surface area (Å²) in [6.07, 6.45) is 0.872. The normalized spacial score (nSPS) is 12.2. The van der Waals surface area contributed by atoms with E-state index in [9.17, 15) is 0 Å². The topological polar surface area (TPSA) is 29.3 Å². The molecule has 3 heteroatoms. The van der Waals surface area contributed by atoms with Gasteiger partial charge in [0.05, 0.1) is 0 Å². The second kappa shape index (κ2) is 7.10. The molecule has 0 spiro atoms. The maximum absolute atomic E-state index is 6.02. The Morgan fingerprint density at radius 1 is 1.14 bits per heavy atom. The highest BCUT2D eigenvalue weighted by atomic mass is 79.9. The number of rotatable bonds is 5. The lowest BCUT2D eigenvalue weighted by atomic mass is 10.0. The fraction of sp³-hybridized carbons (Fsp3) is 0.333. The second-order valence-electron chi connectivity index (χ2n) is 5.49. The largest absolute Gasteiger partial charge is 0.341 e. The molecule has 2 nitrogen and oxygen atoms in total. The van der Waals surface area contributed by atoms with E-state index in [0.717, 1.165) is 17.4 Å². The minimum Gasteiger partial charge on any atom is -0.341 e. The van der Waals surface area contributed by atoms with E-state index in [1.54, 1.807) is 0 Å². The van der Waals surface area contributed by atoms with Gasteiger partial charge in [0.15, 0.2) is 0 Å². The van der Waals surface area contributed by atoms with Gasteiger partial charge in [-0.15, -0.1) is 0 Å². The molecule has 1 unspecified atom stereocenters. The van der Waals surface area contributed by atoms with Crippen molar-refractivity contribution in [2.24, 2.45) is 5.73 Å². The fourth-order valence-corrected chi connectivity index (χ4v) is 3.07. The Labute approximate surface area is 136 Å². The lowest BCUT2D eigenvalue weighted by Crippen LogP contribution is -2.22. The summed E-state index contributed by atoms with van der Waals surface area (Å²) in [7, 11) is 0. The summed E-state index contributed by atoms with van der Waals surface area (Å²) in [5.41, 5.74) is 11.1. The van der Waals surface area contributed by atoms with Crippen LogP contribution in [0.25, 0.3) is 0 Å². The number of nitrogens with two attached hydrogens (primary N) is 1. The summed E-state index contributed by atoms with van der Waals surface area (Å²) in [4.78, 5) is 2.36. The molecular weight excluding hydrogens is 324 g/mol. The van der Waals surface area contributed by atoms with Crippen molar-refractivity contribution in [1.29, 1.82) is 0 Å². The third kappa shape index (κ3) is 3.86. The number of hydrogen-bond donors (Lipinski definition) is 1. The van der Waals surface area contributed by atoms with Gasteiger partial charge in [0, 0.05) is 28.4 Å².